The summed E-state index contributed by atoms with van der Waals surface area (Å²) in [5, 5.41) is 12.7. The van der Waals surface area contributed by atoms with Gasteiger partial charge in [-0.2, -0.15) is 0 Å². The molecule has 2 aliphatic rings. The Labute approximate surface area is 184 Å². The molecule has 5 rings (SSSR count). The third-order valence-corrected chi connectivity index (χ3v) is 5.34. The Morgan fingerprint density at radius 3 is 2.41 bits per heavy atom. The predicted molar refractivity (Wildman–Crippen MR) is 116 cm³/mol. The summed E-state index contributed by atoms with van der Waals surface area (Å²) in [6, 6.07) is 17.0. The zero-order valence-corrected chi connectivity index (χ0v) is 17.8. The number of hydrogen-bond acceptors (Lipinski definition) is 6. The Balaban J connectivity index is 1.65. The lowest BCUT2D eigenvalue weighted by Crippen LogP contribution is -2.33. The molecule has 7 heteroatoms. The minimum Gasteiger partial charge on any atom is -0.508 e. The van der Waals surface area contributed by atoms with E-state index in [4.69, 9.17) is 14.2 Å². The lowest BCUT2D eigenvalue weighted by molar-refractivity contribution is 0.0224. The Morgan fingerprint density at radius 1 is 0.969 bits per heavy atom. The molecule has 0 saturated carbocycles. The highest BCUT2D eigenvalue weighted by Crippen LogP contribution is 2.56. The van der Waals surface area contributed by atoms with Crippen molar-refractivity contribution in [2.45, 2.75) is 32.0 Å². The molecule has 0 bridgehead atoms. The third-order valence-electron chi connectivity index (χ3n) is 5.34. The number of phenolic OH excluding ortho intramolecular Hbond substituents is 1. The number of ether oxygens (including phenoxy) is 3. The normalized spacial score (nSPS) is 18.2. The number of carbonyl (C=O) groups is 2. The van der Waals surface area contributed by atoms with Crippen molar-refractivity contribution in [1.82, 2.24) is 0 Å². The van der Waals surface area contributed by atoms with Crippen LogP contribution in [0.1, 0.15) is 47.8 Å². The van der Waals surface area contributed by atoms with Crippen molar-refractivity contribution in [3.05, 3.63) is 82.9 Å². The highest BCUT2D eigenvalue weighted by Gasteiger charge is 2.53. The number of anilines is 1. The van der Waals surface area contributed by atoms with Gasteiger partial charge in [0.05, 0.1) is 5.56 Å². The molecule has 0 radical (unpaired) electrons. The number of nitrogens with one attached hydrogen (secondary N) is 1. The van der Waals surface area contributed by atoms with Gasteiger partial charge in [-0.1, -0.05) is 18.2 Å². The molecular weight excluding hydrogens is 410 g/mol. The maximum Gasteiger partial charge on any atom is 0.412 e. The first kappa shape index (κ1) is 19.9. The van der Waals surface area contributed by atoms with Gasteiger partial charge in [-0.05, 0) is 51.1 Å². The second-order valence-electron chi connectivity index (χ2n) is 8.74. The summed E-state index contributed by atoms with van der Waals surface area (Å²) >= 11 is 0. The van der Waals surface area contributed by atoms with E-state index >= 15 is 0 Å². The molecule has 162 valence electrons. The summed E-state index contributed by atoms with van der Waals surface area (Å²) in [6.07, 6.45) is -0.598. The van der Waals surface area contributed by atoms with Crippen molar-refractivity contribution < 1.29 is 28.9 Å². The summed E-state index contributed by atoms with van der Waals surface area (Å²) < 4.78 is 17.4. The van der Waals surface area contributed by atoms with Gasteiger partial charge in [-0.15, -0.1) is 0 Å². The van der Waals surface area contributed by atoms with Crippen LogP contribution in [-0.4, -0.2) is 22.8 Å². The minimum atomic E-state index is -1.23. The van der Waals surface area contributed by atoms with Crippen LogP contribution in [-0.2, 0) is 15.1 Å². The van der Waals surface area contributed by atoms with Gasteiger partial charge in [0.1, 0.15) is 22.8 Å². The fraction of sp³-hybridized carbons (Fsp3) is 0.200. The highest BCUT2D eigenvalue weighted by molar-refractivity contribution is 5.97. The summed E-state index contributed by atoms with van der Waals surface area (Å²) in [5.74, 6) is 0.323. The number of amides is 1. The molecule has 3 aromatic carbocycles. The third kappa shape index (κ3) is 3.05. The SMILES string of the molecule is CC(C)(C)OC(=O)Nc1ccc2c(c1)Oc1cc(O)ccc1C21OC(=O)c2ccccc21. The average Bonchev–Trinajstić information content (AvgIpc) is 3.00. The molecule has 2 N–H and O–H groups in total. The van der Waals surface area contributed by atoms with E-state index in [9.17, 15) is 14.7 Å². The zero-order valence-electron chi connectivity index (χ0n) is 17.8. The van der Waals surface area contributed by atoms with Crippen LogP contribution in [0.4, 0.5) is 10.5 Å². The van der Waals surface area contributed by atoms with Gasteiger partial charge in [0.15, 0.2) is 5.60 Å². The minimum absolute atomic E-state index is 0.0167. The van der Waals surface area contributed by atoms with Gasteiger partial charge in [0.2, 0.25) is 0 Å². The van der Waals surface area contributed by atoms with Crippen LogP contribution >= 0.6 is 0 Å². The Morgan fingerprint density at radius 2 is 1.66 bits per heavy atom. The highest BCUT2D eigenvalue weighted by atomic mass is 16.6. The Hall–Kier alpha value is -4.00. The molecule has 7 nitrogen and oxygen atoms in total. The van der Waals surface area contributed by atoms with Crippen LogP contribution in [0.3, 0.4) is 0 Å². The van der Waals surface area contributed by atoms with Crippen molar-refractivity contribution in [1.29, 1.82) is 0 Å². The molecule has 1 atom stereocenters. The summed E-state index contributed by atoms with van der Waals surface area (Å²) in [5.41, 5.74) is 0.961. The fourth-order valence-electron chi connectivity index (χ4n) is 4.16. The van der Waals surface area contributed by atoms with Crippen LogP contribution < -0.4 is 10.1 Å². The van der Waals surface area contributed by atoms with Gasteiger partial charge >= 0.3 is 12.1 Å². The van der Waals surface area contributed by atoms with E-state index in [0.717, 1.165) is 0 Å². The molecule has 3 aromatic rings. The van der Waals surface area contributed by atoms with Crippen molar-refractivity contribution in [2.24, 2.45) is 0 Å². The van der Waals surface area contributed by atoms with Crippen LogP contribution in [0.2, 0.25) is 0 Å². The lowest BCUT2D eigenvalue weighted by Gasteiger charge is -2.36. The number of esters is 1. The van der Waals surface area contributed by atoms with Crippen LogP contribution in [0.25, 0.3) is 0 Å². The number of phenols is 1. The average molecular weight is 431 g/mol. The van der Waals surface area contributed by atoms with Crippen molar-refractivity contribution in [2.75, 3.05) is 5.32 Å². The first-order valence-corrected chi connectivity index (χ1v) is 10.2. The lowest BCUT2D eigenvalue weighted by atomic mass is 9.77. The van der Waals surface area contributed by atoms with Crippen LogP contribution in [0.15, 0.2) is 60.7 Å². The largest absolute Gasteiger partial charge is 0.508 e. The van der Waals surface area contributed by atoms with Gasteiger partial charge in [-0.3, -0.25) is 5.32 Å². The second kappa shape index (κ2) is 6.75. The number of benzene rings is 3. The van der Waals surface area contributed by atoms with Crippen molar-refractivity contribution >= 4 is 17.7 Å². The topological polar surface area (TPSA) is 94.1 Å². The van der Waals surface area contributed by atoms with E-state index in [1.165, 1.54) is 12.1 Å². The Bertz CT molecular complexity index is 1280. The molecule has 0 aliphatic carbocycles. The Kier molecular flexibility index (Phi) is 4.20. The van der Waals surface area contributed by atoms with Crippen LogP contribution in [0.5, 0.6) is 17.2 Å². The second-order valence-corrected chi connectivity index (χ2v) is 8.74. The molecule has 0 saturated heterocycles. The molecule has 1 amide bonds. The summed E-state index contributed by atoms with van der Waals surface area (Å²) in [4.78, 5) is 25.0. The smallest absolute Gasteiger partial charge is 0.412 e. The maximum atomic E-state index is 12.8. The number of carbonyl (C=O) groups excluding carboxylic acids is 2. The van der Waals surface area contributed by atoms with Gasteiger partial charge in [0.25, 0.3) is 0 Å². The van der Waals surface area contributed by atoms with Crippen molar-refractivity contribution in [3.63, 3.8) is 0 Å². The first-order valence-electron chi connectivity index (χ1n) is 10.2. The van der Waals surface area contributed by atoms with E-state index in [1.54, 1.807) is 57.2 Å². The molecule has 32 heavy (non-hydrogen) atoms. The van der Waals surface area contributed by atoms with E-state index < -0.39 is 23.3 Å². The number of hydrogen-bond donors (Lipinski definition) is 2. The molecular formula is C25H21NO6. The maximum absolute atomic E-state index is 12.8. The molecule has 0 aromatic heterocycles. The quantitative estimate of drug-likeness (QED) is 0.508. The van der Waals surface area contributed by atoms with E-state index in [-0.39, 0.29) is 5.75 Å². The van der Waals surface area contributed by atoms with Crippen molar-refractivity contribution in [3.8, 4) is 17.2 Å². The summed E-state index contributed by atoms with van der Waals surface area (Å²) in [6.45, 7) is 5.34. The van der Waals surface area contributed by atoms with E-state index in [0.29, 0.717) is 39.4 Å². The zero-order chi connectivity index (χ0) is 22.7. The standard InChI is InChI=1S/C25H21NO6/c1-24(2,3)32-23(29)26-14-8-10-18-20(12-14)30-21-13-15(27)9-11-19(21)25(18)17-7-5-4-6-16(17)22(28)31-25/h4-13,27H,1-3H3,(H,26,29). The van der Waals surface area contributed by atoms with E-state index in [2.05, 4.69) is 5.32 Å². The monoisotopic (exact) mass is 431 g/mol. The molecule has 1 spiro atoms. The number of rotatable bonds is 1. The number of fused-ring (bicyclic) bond motifs is 6. The van der Waals surface area contributed by atoms with Crippen LogP contribution in [0, 0.1) is 0 Å². The van der Waals surface area contributed by atoms with Gasteiger partial charge < -0.3 is 19.3 Å². The molecule has 0 fully saturated rings. The summed E-state index contributed by atoms with van der Waals surface area (Å²) in [7, 11) is 0. The molecule has 2 heterocycles. The van der Waals surface area contributed by atoms with E-state index in [1.807, 2.05) is 12.1 Å². The number of aromatic hydroxyl groups is 1. The van der Waals surface area contributed by atoms with Gasteiger partial charge in [-0.25, -0.2) is 9.59 Å². The first-order chi connectivity index (χ1) is 15.2. The molecule has 2 aliphatic heterocycles. The fourth-order valence-corrected chi connectivity index (χ4v) is 4.16. The molecule has 1 unspecified atom stereocenters. The predicted octanol–water partition coefficient (Wildman–Crippen LogP) is 5.31. The van der Waals surface area contributed by atoms with Gasteiger partial charge in [0, 0.05) is 34.5 Å².